The molecule has 4 nitrogen and oxygen atoms in total. The Morgan fingerprint density at radius 3 is 2.83 bits per heavy atom. The van der Waals surface area contributed by atoms with Crippen molar-refractivity contribution in [1.82, 2.24) is 15.5 Å². The van der Waals surface area contributed by atoms with Crippen molar-refractivity contribution in [3.63, 3.8) is 0 Å². The van der Waals surface area contributed by atoms with E-state index in [1.165, 1.54) is 25.9 Å². The van der Waals surface area contributed by atoms with Gasteiger partial charge in [0.05, 0.1) is 6.04 Å². The fourth-order valence-corrected chi connectivity index (χ4v) is 2.84. The molecule has 0 bridgehead atoms. The molecule has 104 valence electrons. The van der Waals surface area contributed by atoms with Gasteiger partial charge in [0.25, 0.3) is 0 Å². The number of hydrogen-bond donors (Lipinski definition) is 2. The van der Waals surface area contributed by atoms with Crippen LogP contribution in [0.3, 0.4) is 0 Å². The number of nitrogens with zero attached hydrogens (tertiary/aromatic N) is 1. The van der Waals surface area contributed by atoms with E-state index in [1.807, 2.05) is 0 Å². The number of amides is 1. The van der Waals surface area contributed by atoms with Gasteiger partial charge in [0.2, 0.25) is 5.91 Å². The van der Waals surface area contributed by atoms with E-state index in [2.05, 4.69) is 29.5 Å². The summed E-state index contributed by atoms with van der Waals surface area (Å²) in [5.74, 6) is 0.198. The van der Waals surface area contributed by atoms with Crippen molar-refractivity contribution in [2.24, 2.45) is 5.41 Å². The second-order valence-electron chi connectivity index (χ2n) is 6.33. The summed E-state index contributed by atoms with van der Waals surface area (Å²) in [6.07, 6.45) is 5.71. The molecule has 0 saturated carbocycles. The molecule has 2 N–H and O–H groups in total. The third-order valence-corrected chi connectivity index (χ3v) is 4.50. The van der Waals surface area contributed by atoms with Gasteiger partial charge in [-0.05, 0) is 57.7 Å². The second-order valence-corrected chi connectivity index (χ2v) is 6.33. The van der Waals surface area contributed by atoms with Crippen molar-refractivity contribution in [2.45, 2.75) is 45.1 Å². The van der Waals surface area contributed by atoms with Crippen molar-refractivity contribution in [1.29, 1.82) is 0 Å². The highest BCUT2D eigenvalue weighted by molar-refractivity contribution is 5.81. The zero-order chi connectivity index (χ0) is 13.0. The van der Waals surface area contributed by atoms with Gasteiger partial charge in [-0.1, -0.05) is 6.92 Å². The van der Waals surface area contributed by atoms with Crippen LogP contribution < -0.4 is 10.6 Å². The van der Waals surface area contributed by atoms with Gasteiger partial charge in [-0.2, -0.15) is 0 Å². The maximum Gasteiger partial charge on any atom is 0.237 e. The molecule has 0 aromatic rings. The van der Waals surface area contributed by atoms with Gasteiger partial charge < -0.3 is 15.5 Å². The highest BCUT2D eigenvalue weighted by Gasteiger charge is 2.30. The molecule has 0 aromatic heterocycles. The molecule has 2 aliphatic rings. The van der Waals surface area contributed by atoms with Gasteiger partial charge in [-0.25, -0.2) is 0 Å². The predicted octanol–water partition coefficient (Wildman–Crippen LogP) is 0.977. The molecule has 2 aliphatic heterocycles. The first-order valence-electron chi connectivity index (χ1n) is 7.29. The predicted molar refractivity (Wildman–Crippen MR) is 73.5 cm³/mol. The van der Waals surface area contributed by atoms with Gasteiger partial charge >= 0.3 is 0 Å². The van der Waals surface area contributed by atoms with Crippen molar-refractivity contribution >= 4 is 5.91 Å². The van der Waals surface area contributed by atoms with E-state index < -0.39 is 0 Å². The minimum atomic E-state index is 0.0315. The summed E-state index contributed by atoms with van der Waals surface area (Å²) in [6, 6.07) is 0.0315. The molecule has 0 aliphatic carbocycles. The number of hydrogen-bond acceptors (Lipinski definition) is 3. The second kappa shape index (κ2) is 6.02. The fourth-order valence-electron chi connectivity index (χ4n) is 2.84. The SMILES string of the molecule is CN1CCC(C)(CNC2CCCCNC2=O)CC1. The molecule has 2 heterocycles. The average molecular weight is 253 g/mol. The van der Waals surface area contributed by atoms with Crippen LogP contribution in [-0.4, -0.2) is 50.1 Å². The lowest BCUT2D eigenvalue weighted by Gasteiger charge is -2.38. The molecule has 1 unspecified atom stereocenters. The van der Waals surface area contributed by atoms with Crippen LogP contribution in [0.2, 0.25) is 0 Å². The van der Waals surface area contributed by atoms with Crippen LogP contribution in [-0.2, 0) is 4.79 Å². The van der Waals surface area contributed by atoms with Crippen LogP contribution in [0.1, 0.15) is 39.0 Å². The molecule has 0 spiro atoms. The van der Waals surface area contributed by atoms with Crippen LogP contribution in [0.25, 0.3) is 0 Å². The van der Waals surface area contributed by atoms with Crippen molar-refractivity contribution in [3.8, 4) is 0 Å². The first-order chi connectivity index (χ1) is 8.59. The highest BCUT2D eigenvalue weighted by atomic mass is 16.2. The van der Waals surface area contributed by atoms with Crippen molar-refractivity contribution in [3.05, 3.63) is 0 Å². The Hall–Kier alpha value is -0.610. The van der Waals surface area contributed by atoms with Gasteiger partial charge in [0.15, 0.2) is 0 Å². The van der Waals surface area contributed by atoms with Crippen LogP contribution in [0.15, 0.2) is 0 Å². The maximum absolute atomic E-state index is 11.9. The first-order valence-corrected chi connectivity index (χ1v) is 7.29. The Morgan fingerprint density at radius 2 is 2.11 bits per heavy atom. The van der Waals surface area contributed by atoms with E-state index in [4.69, 9.17) is 0 Å². The summed E-state index contributed by atoms with van der Waals surface area (Å²) < 4.78 is 0. The van der Waals surface area contributed by atoms with Crippen molar-refractivity contribution < 1.29 is 4.79 Å². The minimum absolute atomic E-state index is 0.0315. The molecule has 2 fully saturated rings. The molecule has 4 heteroatoms. The molecule has 2 rings (SSSR count). The molecule has 1 atom stereocenters. The third-order valence-electron chi connectivity index (χ3n) is 4.50. The van der Waals surface area contributed by atoms with Crippen LogP contribution in [0, 0.1) is 5.41 Å². The Morgan fingerprint density at radius 1 is 1.39 bits per heavy atom. The number of carbonyl (C=O) groups excluding carboxylic acids is 1. The third kappa shape index (κ3) is 3.69. The zero-order valence-electron chi connectivity index (χ0n) is 11.8. The largest absolute Gasteiger partial charge is 0.355 e. The Kier molecular flexibility index (Phi) is 4.62. The van der Waals surface area contributed by atoms with Crippen LogP contribution >= 0.6 is 0 Å². The van der Waals surface area contributed by atoms with Gasteiger partial charge in [-0.3, -0.25) is 4.79 Å². The Bertz CT molecular complexity index is 285. The van der Waals surface area contributed by atoms with E-state index in [9.17, 15) is 4.79 Å². The maximum atomic E-state index is 11.9. The number of carbonyl (C=O) groups is 1. The topological polar surface area (TPSA) is 44.4 Å². The average Bonchev–Trinajstić information content (AvgIpc) is 2.56. The monoisotopic (exact) mass is 253 g/mol. The molecule has 18 heavy (non-hydrogen) atoms. The number of piperidine rings is 1. The summed E-state index contributed by atoms with van der Waals surface area (Å²) in [4.78, 5) is 14.3. The fraction of sp³-hybridized carbons (Fsp3) is 0.929. The molecule has 0 aromatic carbocycles. The van der Waals surface area contributed by atoms with Gasteiger partial charge in [0.1, 0.15) is 0 Å². The number of likely N-dealkylation sites (tertiary alicyclic amines) is 1. The first kappa shape index (κ1) is 13.8. The molecular formula is C14H27N3O. The standard InChI is InChI=1S/C14H27N3O/c1-14(6-9-17(2)10-7-14)11-16-12-5-3-4-8-15-13(12)18/h12,16H,3-11H2,1-2H3,(H,15,18). The molecular weight excluding hydrogens is 226 g/mol. The van der Waals surface area contributed by atoms with Crippen molar-refractivity contribution in [2.75, 3.05) is 33.2 Å². The van der Waals surface area contributed by atoms with Crippen LogP contribution in [0.4, 0.5) is 0 Å². The van der Waals surface area contributed by atoms with E-state index >= 15 is 0 Å². The smallest absolute Gasteiger partial charge is 0.237 e. The van der Waals surface area contributed by atoms with Gasteiger partial charge in [-0.15, -0.1) is 0 Å². The molecule has 0 radical (unpaired) electrons. The summed E-state index contributed by atoms with van der Waals surface area (Å²) in [6.45, 7) is 6.52. The molecule has 1 amide bonds. The van der Waals surface area contributed by atoms with E-state index in [1.54, 1.807) is 0 Å². The van der Waals surface area contributed by atoms with E-state index in [0.717, 1.165) is 32.4 Å². The van der Waals surface area contributed by atoms with E-state index in [-0.39, 0.29) is 11.9 Å². The van der Waals surface area contributed by atoms with Crippen LogP contribution in [0.5, 0.6) is 0 Å². The zero-order valence-corrected chi connectivity index (χ0v) is 11.8. The number of rotatable bonds is 3. The Balaban J connectivity index is 1.80. The highest BCUT2D eigenvalue weighted by Crippen LogP contribution is 2.29. The minimum Gasteiger partial charge on any atom is -0.355 e. The van der Waals surface area contributed by atoms with Gasteiger partial charge in [0, 0.05) is 13.1 Å². The summed E-state index contributed by atoms with van der Waals surface area (Å²) in [5.41, 5.74) is 0.360. The lowest BCUT2D eigenvalue weighted by atomic mass is 9.80. The number of nitrogens with one attached hydrogen (secondary N) is 2. The normalized spacial score (nSPS) is 29.7. The lowest BCUT2D eigenvalue weighted by molar-refractivity contribution is -0.123. The quantitative estimate of drug-likeness (QED) is 0.788. The summed E-state index contributed by atoms with van der Waals surface area (Å²) >= 11 is 0. The molecule has 2 saturated heterocycles. The lowest BCUT2D eigenvalue weighted by Crippen LogP contribution is -2.49. The van der Waals surface area contributed by atoms with E-state index in [0.29, 0.717) is 5.41 Å². The summed E-state index contributed by atoms with van der Waals surface area (Å²) in [5, 5.41) is 6.50. The Labute approximate surface area is 110 Å². The summed E-state index contributed by atoms with van der Waals surface area (Å²) in [7, 11) is 2.19.